The first-order valence-electron chi connectivity index (χ1n) is 7.36. The zero-order chi connectivity index (χ0) is 16.4. The fourth-order valence-electron chi connectivity index (χ4n) is 2.81. The van der Waals surface area contributed by atoms with Gasteiger partial charge >= 0.3 is 6.09 Å². The Morgan fingerprint density at radius 1 is 1.29 bits per heavy atom. The number of nitrogens with zero attached hydrogens (tertiary/aromatic N) is 1. The van der Waals surface area contributed by atoms with E-state index in [0.29, 0.717) is 6.54 Å². The summed E-state index contributed by atoms with van der Waals surface area (Å²) >= 11 is 0. The molecule has 0 spiro atoms. The Morgan fingerprint density at radius 2 is 1.86 bits per heavy atom. The molecule has 1 heterocycles. The molecule has 1 aliphatic heterocycles. The molecule has 0 aliphatic carbocycles. The van der Waals surface area contributed by atoms with Crippen LogP contribution in [0.15, 0.2) is 0 Å². The lowest BCUT2D eigenvalue weighted by Gasteiger charge is -2.39. The van der Waals surface area contributed by atoms with Gasteiger partial charge in [0.1, 0.15) is 6.04 Å². The molecule has 6 heteroatoms. The average molecular weight is 300 g/mol. The van der Waals surface area contributed by atoms with Gasteiger partial charge in [-0.2, -0.15) is 0 Å². The van der Waals surface area contributed by atoms with Crippen molar-refractivity contribution < 1.29 is 19.4 Å². The van der Waals surface area contributed by atoms with E-state index in [9.17, 15) is 14.7 Å². The number of amides is 2. The van der Waals surface area contributed by atoms with E-state index in [4.69, 9.17) is 0 Å². The van der Waals surface area contributed by atoms with Gasteiger partial charge in [0.25, 0.3) is 0 Å². The number of aliphatic hydroxyl groups is 1. The van der Waals surface area contributed by atoms with Crippen molar-refractivity contribution in [2.75, 3.05) is 13.7 Å². The molecule has 122 valence electrons. The third kappa shape index (κ3) is 4.33. The van der Waals surface area contributed by atoms with Crippen molar-refractivity contribution >= 4 is 12.0 Å². The number of methoxy groups -OCH3 is 1. The summed E-state index contributed by atoms with van der Waals surface area (Å²) in [5, 5.41) is 12.7. The van der Waals surface area contributed by atoms with Gasteiger partial charge in [-0.05, 0) is 32.1 Å². The van der Waals surface area contributed by atoms with Gasteiger partial charge in [-0.1, -0.05) is 20.8 Å². The molecule has 0 saturated carbocycles. The second-order valence-electron chi connectivity index (χ2n) is 7.28. The van der Waals surface area contributed by atoms with E-state index in [1.54, 1.807) is 4.90 Å². The predicted molar refractivity (Wildman–Crippen MR) is 79.8 cm³/mol. The van der Waals surface area contributed by atoms with Crippen LogP contribution in [0.25, 0.3) is 0 Å². The van der Waals surface area contributed by atoms with Gasteiger partial charge in [0.2, 0.25) is 5.91 Å². The lowest BCUT2D eigenvalue weighted by Crippen LogP contribution is -2.60. The number of ether oxygens (including phenoxy) is 1. The molecular weight excluding hydrogens is 272 g/mol. The molecule has 1 saturated heterocycles. The van der Waals surface area contributed by atoms with Gasteiger partial charge in [0, 0.05) is 12.6 Å². The van der Waals surface area contributed by atoms with E-state index in [1.165, 1.54) is 21.0 Å². The van der Waals surface area contributed by atoms with Crippen LogP contribution < -0.4 is 5.32 Å². The standard InChI is InChI=1S/C15H28N2O4/c1-14(2,3)10-8-7-9-17(10)12(18)11(15(4,5)20)16-13(19)21-6/h10-11,20H,7-9H2,1-6H3,(H,16,19). The average Bonchev–Trinajstić information content (AvgIpc) is 2.82. The van der Waals surface area contributed by atoms with Crippen LogP contribution in [0.5, 0.6) is 0 Å². The highest BCUT2D eigenvalue weighted by Gasteiger charge is 2.43. The molecule has 0 radical (unpaired) electrons. The third-order valence-corrected chi connectivity index (χ3v) is 3.94. The maximum Gasteiger partial charge on any atom is 0.407 e. The van der Waals surface area contributed by atoms with E-state index < -0.39 is 17.7 Å². The monoisotopic (exact) mass is 300 g/mol. The second-order valence-corrected chi connectivity index (χ2v) is 7.28. The van der Waals surface area contributed by atoms with E-state index in [0.717, 1.165) is 12.8 Å². The lowest BCUT2D eigenvalue weighted by atomic mass is 9.84. The van der Waals surface area contributed by atoms with Crippen molar-refractivity contribution in [3.8, 4) is 0 Å². The van der Waals surface area contributed by atoms with Crippen LogP contribution in [0.4, 0.5) is 4.79 Å². The minimum absolute atomic E-state index is 0.0401. The number of rotatable bonds is 3. The Hall–Kier alpha value is -1.30. The molecule has 2 amide bonds. The number of likely N-dealkylation sites (tertiary alicyclic amines) is 1. The molecule has 1 aliphatic rings. The van der Waals surface area contributed by atoms with Crippen LogP contribution in [0, 0.1) is 5.41 Å². The van der Waals surface area contributed by atoms with Gasteiger partial charge < -0.3 is 20.1 Å². The van der Waals surface area contributed by atoms with E-state index >= 15 is 0 Å². The van der Waals surface area contributed by atoms with Crippen LogP contribution >= 0.6 is 0 Å². The van der Waals surface area contributed by atoms with Crippen LogP contribution in [0.1, 0.15) is 47.5 Å². The van der Waals surface area contributed by atoms with Gasteiger partial charge in [0.15, 0.2) is 0 Å². The van der Waals surface area contributed by atoms with Gasteiger partial charge in [-0.3, -0.25) is 4.79 Å². The summed E-state index contributed by atoms with van der Waals surface area (Å²) < 4.78 is 4.55. The number of hydrogen-bond acceptors (Lipinski definition) is 4. The number of nitrogens with one attached hydrogen (secondary N) is 1. The van der Waals surface area contributed by atoms with Crippen molar-refractivity contribution in [3.63, 3.8) is 0 Å². The highest BCUT2D eigenvalue weighted by molar-refractivity contribution is 5.87. The lowest BCUT2D eigenvalue weighted by molar-refractivity contribution is -0.141. The Kier molecular flexibility index (Phi) is 5.25. The number of hydrogen-bond donors (Lipinski definition) is 2. The Labute approximate surface area is 126 Å². The zero-order valence-corrected chi connectivity index (χ0v) is 13.9. The first kappa shape index (κ1) is 17.8. The first-order chi connectivity index (χ1) is 9.48. The molecule has 2 atom stereocenters. The summed E-state index contributed by atoms with van der Waals surface area (Å²) in [5.74, 6) is -0.259. The maximum atomic E-state index is 12.8. The van der Waals surface area contributed by atoms with Crippen LogP contribution in [0.2, 0.25) is 0 Å². The summed E-state index contributed by atoms with van der Waals surface area (Å²) in [7, 11) is 1.23. The Bertz CT molecular complexity index is 395. The highest BCUT2D eigenvalue weighted by atomic mass is 16.5. The van der Waals surface area contributed by atoms with Gasteiger partial charge in [-0.15, -0.1) is 0 Å². The maximum absolute atomic E-state index is 12.8. The summed E-state index contributed by atoms with van der Waals surface area (Å²) in [4.78, 5) is 26.0. The van der Waals surface area contributed by atoms with E-state index in [-0.39, 0.29) is 17.4 Å². The Balaban J connectivity index is 2.97. The highest BCUT2D eigenvalue weighted by Crippen LogP contribution is 2.33. The smallest absolute Gasteiger partial charge is 0.407 e. The SMILES string of the molecule is COC(=O)NC(C(=O)N1CCCC1C(C)(C)C)C(C)(C)O. The molecule has 0 bridgehead atoms. The minimum Gasteiger partial charge on any atom is -0.453 e. The summed E-state index contributed by atoms with van der Waals surface area (Å²) in [5.41, 5.74) is -1.40. The molecule has 0 aromatic heterocycles. The zero-order valence-electron chi connectivity index (χ0n) is 13.9. The minimum atomic E-state index is -1.36. The normalized spacial score (nSPS) is 21.1. The van der Waals surface area contributed by atoms with Gasteiger partial charge in [0.05, 0.1) is 12.7 Å². The third-order valence-electron chi connectivity index (χ3n) is 3.94. The van der Waals surface area contributed by atoms with Crippen molar-refractivity contribution in [1.82, 2.24) is 10.2 Å². The summed E-state index contributed by atoms with van der Waals surface area (Å²) in [6.45, 7) is 9.94. The first-order valence-corrected chi connectivity index (χ1v) is 7.36. The molecular formula is C15H28N2O4. The Morgan fingerprint density at radius 3 is 2.29 bits per heavy atom. The molecule has 2 unspecified atom stereocenters. The largest absolute Gasteiger partial charge is 0.453 e. The fraction of sp³-hybridized carbons (Fsp3) is 0.867. The molecule has 1 fully saturated rings. The number of alkyl carbamates (subject to hydrolysis) is 1. The van der Waals surface area contributed by atoms with Crippen LogP contribution in [-0.4, -0.2) is 53.3 Å². The fourth-order valence-corrected chi connectivity index (χ4v) is 2.81. The predicted octanol–water partition coefficient (Wildman–Crippen LogP) is 1.52. The second kappa shape index (κ2) is 6.22. The molecule has 21 heavy (non-hydrogen) atoms. The molecule has 0 aromatic rings. The van der Waals surface area contributed by atoms with Crippen molar-refractivity contribution in [3.05, 3.63) is 0 Å². The number of carbonyl (C=O) groups excluding carboxylic acids is 2. The van der Waals surface area contributed by atoms with Crippen LogP contribution in [-0.2, 0) is 9.53 Å². The summed E-state index contributed by atoms with van der Waals surface area (Å²) in [6, 6.07) is -0.915. The number of carbonyl (C=O) groups is 2. The molecule has 0 aromatic carbocycles. The molecule has 6 nitrogen and oxygen atoms in total. The van der Waals surface area contributed by atoms with Gasteiger partial charge in [-0.25, -0.2) is 4.79 Å². The van der Waals surface area contributed by atoms with Crippen LogP contribution in [0.3, 0.4) is 0 Å². The van der Waals surface area contributed by atoms with E-state index in [2.05, 4.69) is 30.8 Å². The molecule has 2 N–H and O–H groups in total. The summed E-state index contributed by atoms with van der Waals surface area (Å²) in [6.07, 6.45) is 1.15. The molecule has 1 rings (SSSR count). The topological polar surface area (TPSA) is 78.9 Å². The van der Waals surface area contributed by atoms with E-state index in [1.807, 2.05) is 0 Å². The quantitative estimate of drug-likeness (QED) is 0.828. The van der Waals surface area contributed by atoms with Crippen molar-refractivity contribution in [2.45, 2.75) is 65.1 Å². The van der Waals surface area contributed by atoms with Crippen molar-refractivity contribution in [2.24, 2.45) is 5.41 Å². The van der Waals surface area contributed by atoms with Crippen molar-refractivity contribution in [1.29, 1.82) is 0 Å².